The Bertz CT molecular complexity index is 2840. The van der Waals surface area contributed by atoms with E-state index in [1.165, 1.54) is 73.6 Å². The standard InChI is InChI=1S/C72H116O34/c1-12-17-23-26-39-27-24-21-19-18-20-22-25-28-44(77)97-58-49(82)46(79)40(29-73)93-70(58)103-56-47(80)41(30-74)94-72(104-59-48(81)45(78)37(10)90-69(59)92-39)61(56)106-71-62(101-66(89)36(9)16-5)60(53(38(11)91-71)98-63(86)33(6)13-2)105-68-52(85)57(100-65(88)35(8)15-4)55(43(32-76)96-68)102-67-51(84)50(83)54(42(31-75)95-67)99-64(87)34(7)14-3/h13-15,36-43,45-62,67-76,78-85H,12,16-32H2,1-11H3/b33-13+,34-14+,35-15+/t36-,37+,38-,39-,40+,41+,42+,43+,45+,46+,47+,48-,49-,50+,51+,52+,53-,54+,55+,56-,57+,58+,59+,60+,61+,62+,67-,68-,69-,70-,71-,72-/m0/s1. The van der Waals surface area contributed by atoms with Gasteiger partial charge in [0.2, 0.25) is 0 Å². The van der Waals surface area contributed by atoms with Crippen molar-refractivity contribution < 1.29 is 166 Å². The van der Waals surface area contributed by atoms with Gasteiger partial charge in [0.05, 0.1) is 50.7 Å². The molecule has 34 nitrogen and oxygen atoms in total. The summed E-state index contributed by atoms with van der Waals surface area (Å²) in [5.74, 6) is -5.86. The van der Waals surface area contributed by atoms with Crippen molar-refractivity contribution in [1.82, 2.24) is 0 Å². The number of aliphatic hydroxyl groups excluding tert-OH is 12. The quantitative estimate of drug-likeness (QED) is 0.0280. The largest absolute Gasteiger partial charge is 0.454 e. The number of esters is 5. The van der Waals surface area contributed by atoms with Gasteiger partial charge in [-0.05, 0) is 81.1 Å². The van der Waals surface area contributed by atoms with Gasteiger partial charge in [-0.25, -0.2) is 14.4 Å². The first-order chi connectivity index (χ1) is 50.5. The fourth-order valence-electron chi connectivity index (χ4n) is 13.3. The summed E-state index contributed by atoms with van der Waals surface area (Å²) in [6.07, 6.45) is -45.4. The molecule has 608 valence electrons. The number of unbranched alkanes of at least 4 members (excludes halogenated alkanes) is 2. The summed E-state index contributed by atoms with van der Waals surface area (Å²) in [5.41, 5.74) is 0.0902. The van der Waals surface area contributed by atoms with Gasteiger partial charge < -0.3 is 142 Å². The topological polar surface area (TPSA) is 485 Å². The molecule has 12 N–H and O–H groups in total. The van der Waals surface area contributed by atoms with Gasteiger partial charge in [-0.3, -0.25) is 9.59 Å². The van der Waals surface area contributed by atoms with Crippen LogP contribution in [0.3, 0.4) is 0 Å². The highest BCUT2D eigenvalue weighted by Crippen LogP contribution is 2.42. The fraction of sp³-hybridized carbons (Fsp3) is 0.847. The molecule has 0 radical (unpaired) electrons. The average molecular weight is 1530 g/mol. The molecular weight excluding hydrogens is 1410 g/mol. The second kappa shape index (κ2) is 42.3. The summed E-state index contributed by atoms with van der Waals surface area (Å²) in [4.78, 5) is 69.6. The van der Waals surface area contributed by atoms with E-state index in [9.17, 15) is 85.3 Å². The molecule has 0 aromatic rings. The second-order valence-corrected chi connectivity index (χ2v) is 28.2. The molecule has 0 saturated carbocycles. The fourth-order valence-corrected chi connectivity index (χ4v) is 13.3. The minimum Gasteiger partial charge on any atom is -0.454 e. The number of rotatable bonds is 23. The molecule has 7 aliphatic rings. The number of fused-ring (bicyclic) bond motifs is 4. The Labute approximate surface area is 617 Å². The third-order valence-electron chi connectivity index (χ3n) is 20.6. The molecule has 7 aliphatic heterocycles. The van der Waals surface area contributed by atoms with Crippen LogP contribution in [0.1, 0.15) is 166 Å². The number of hydrogen-bond donors (Lipinski definition) is 12. The third-order valence-corrected chi connectivity index (χ3v) is 20.6. The Hall–Kier alpha value is -4.39. The van der Waals surface area contributed by atoms with Gasteiger partial charge in [0, 0.05) is 23.1 Å². The third kappa shape index (κ3) is 22.3. The molecule has 7 saturated heterocycles. The van der Waals surface area contributed by atoms with Crippen molar-refractivity contribution in [3.63, 3.8) is 0 Å². The second-order valence-electron chi connectivity index (χ2n) is 28.2. The van der Waals surface area contributed by atoms with Crippen molar-refractivity contribution in [1.29, 1.82) is 0 Å². The average Bonchev–Trinajstić information content (AvgIpc) is 0.757. The zero-order valence-corrected chi connectivity index (χ0v) is 62.3. The van der Waals surface area contributed by atoms with Crippen molar-refractivity contribution in [2.45, 2.75) is 356 Å². The lowest BCUT2D eigenvalue weighted by molar-refractivity contribution is -0.414. The molecule has 0 aromatic heterocycles. The summed E-state index contributed by atoms with van der Waals surface area (Å²) in [6, 6.07) is 0. The van der Waals surface area contributed by atoms with E-state index in [1.807, 2.05) is 6.92 Å². The molecule has 0 spiro atoms. The molecule has 32 atom stereocenters. The van der Waals surface area contributed by atoms with Crippen molar-refractivity contribution in [2.75, 3.05) is 26.4 Å². The van der Waals surface area contributed by atoms with E-state index in [1.54, 1.807) is 13.8 Å². The van der Waals surface area contributed by atoms with Crippen LogP contribution in [0.15, 0.2) is 34.9 Å². The maximum absolute atomic E-state index is 14.7. The maximum atomic E-state index is 14.7. The lowest BCUT2D eigenvalue weighted by Gasteiger charge is -2.52. The highest BCUT2D eigenvalue weighted by atomic mass is 16.8. The van der Waals surface area contributed by atoms with Gasteiger partial charge in [0.25, 0.3) is 0 Å². The first-order valence-electron chi connectivity index (χ1n) is 37.2. The zero-order valence-electron chi connectivity index (χ0n) is 62.3. The smallest absolute Gasteiger partial charge is 0.333 e. The van der Waals surface area contributed by atoms with E-state index in [-0.39, 0.29) is 29.6 Å². The number of hydrogen-bond acceptors (Lipinski definition) is 34. The van der Waals surface area contributed by atoms with Crippen LogP contribution in [-0.2, 0) is 104 Å². The van der Waals surface area contributed by atoms with Crippen LogP contribution in [0.5, 0.6) is 0 Å². The lowest BCUT2D eigenvalue weighted by atomic mass is 9.94. The molecule has 7 heterocycles. The Morgan fingerprint density at radius 3 is 1.53 bits per heavy atom. The van der Waals surface area contributed by atoms with E-state index in [0.717, 1.165) is 44.9 Å². The summed E-state index contributed by atoms with van der Waals surface area (Å²) in [5, 5.41) is 139. The lowest BCUT2D eigenvalue weighted by Crippen LogP contribution is -2.70. The van der Waals surface area contributed by atoms with Gasteiger partial charge in [-0.2, -0.15) is 0 Å². The van der Waals surface area contributed by atoms with E-state index < -0.39 is 253 Å². The van der Waals surface area contributed by atoms with Crippen LogP contribution in [0, 0.1) is 5.92 Å². The van der Waals surface area contributed by atoms with Gasteiger partial charge >= 0.3 is 29.8 Å². The minimum atomic E-state index is -2.32. The minimum absolute atomic E-state index is 0.0232. The molecule has 0 aliphatic carbocycles. The summed E-state index contributed by atoms with van der Waals surface area (Å²) < 4.78 is 107. The molecule has 7 rings (SSSR count). The number of carbonyl (C=O) groups excluding carboxylic acids is 5. The van der Waals surface area contributed by atoms with Crippen LogP contribution in [-0.4, -0.2) is 308 Å². The Kier molecular flexibility index (Phi) is 35.4. The van der Waals surface area contributed by atoms with Crippen LogP contribution in [0.2, 0.25) is 0 Å². The van der Waals surface area contributed by atoms with Gasteiger partial charge in [-0.1, -0.05) is 96.8 Å². The molecular formula is C72H116O34. The monoisotopic (exact) mass is 1520 g/mol. The summed E-state index contributed by atoms with van der Waals surface area (Å²) >= 11 is 0. The van der Waals surface area contributed by atoms with Gasteiger partial charge in [0.1, 0.15) is 104 Å². The molecule has 106 heavy (non-hydrogen) atoms. The SMILES string of the molecule is C/C=C(\C)C(=O)O[C@@H]1[C@@H](O)[C@H](O[C@@H]2[C@@H](OC(=O)/C(C)=C/C)[C@H](C)O[C@@H](O[C@H]3[C@@H]4O[C@H]5[C@H](O[C@@H](CCCCC)CCCCCCCCCC(=O)O[C@H]6[C@H](O[C@H]3[C@H](O)[C@@H](CO)O4)O[C@H](CO)[C@@H](O)[C@@H]6O)O[C@H](C)[C@@H](O)[C@@H]5O)[C@@H]2OC(=O)[C@@H](C)CC)O[C@H](CO)[C@H]1O[C@@H]1O[C@H](CO)[C@@H](OC(=O)/C(C)=C/C)[C@H](O)[C@H]1O. The van der Waals surface area contributed by atoms with Crippen molar-refractivity contribution in [3.8, 4) is 0 Å². The van der Waals surface area contributed by atoms with Crippen molar-refractivity contribution >= 4 is 29.8 Å². The number of carbonyl (C=O) groups is 5. The van der Waals surface area contributed by atoms with Crippen LogP contribution >= 0.6 is 0 Å². The molecule has 0 unspecified atom stereocenters. The predicted octanol–water partition coefficient (Wildman–Crippen LogP) is 0.152. The molecule has 2 bridgehead atoms. The first-order valence-corrected chi connectivity index (χ1v) is 37.2. The molecule has 7 fully saturated rings. The predicted molar refractivity (Wildman–Crippen MR) is 362 cm³/mol. The van der Waals surface area contributed by atoms with Crippen molar-refractivity contribution in [2.24, 2.45) is 5.92 Å². The van der Waals surface area contributed by atoms with Gasteiger partial charge in [-0.15, -0.1) is 0 Å². The Morgan fingerprint density at radius 2 is 0.943 bits per heavy atom. The highest BCUT2D eigenvalue weighted by Gasteiger charge is 2.61. The van der Waals surface area contributed by atoms with E-state index in [2.05, 4.69) is 0 Å². The molecule has 34 heteroatoms. The van der Waals surface area contributed by atoms with E-state index in [0.29, 0.717) is 32.1 Å². The zero-order chi connectivity index (χ0) is 78.0. The van der Waals surface area contributed by atoms with E-state index >= 15 is 0 Å². The summed E-state index contributed by atoms with van der Waals surface area (Å²) in [7, 11) is 0. The first kappa shape index (κ1) is 88.8. The molecule has 0 amide bonds. The number of allylic oxidation sites excluding steroid dienone is 3. The van der Waals surface area contributed by atoms with Crippen LogP contribution in [0.4, 0.5) is 0 Å². The normalized spacial score (nSPS) is 41.2. The molecule has 0 aromatic carbocycles. The van der Waals surface area contributed by atoms with Crippen molar-refractivity contribution in [3.05, 3.63) is 34.9 Å². The number of ether oxygens (including phenoxy) is 17. The van der Waals surface area contributed by atoms with Crippen LogP contribution in [0.25, 0.3) is 0 Å². The van der Waals surface area contributed by atoms with E-state index in [4.69, 9.17) is 80.5 Å². The van der Waals surface area contributed by atoms with Crippen LogP contribution < -0.4 is 0 Å². The summed E-state index contributed by atoms with van der Waals surface area (Å²) in [6.45, 7) is 12.8. The maximum Gasteiger partial charge on any atom is 0.333 e. The Balaban J connectivity index is 1.39. The Morgan fingerprint density at radius 1 is 0.443 bits per heavy atom. The number of aliphatic hydroxyl groups is 12. The van der Waals surface area contributed by atoms with Gasteiger partial charge in [0.15, 0.2) is 68.3 Å². The highest BCUT2D eigenvalue weighted by molar-refractivity contribution is 5.88.